The predicted molar refractivity (Wildman–Crippen MR) is 130 cm³/mol. The first-order valence-electron chi connectivity index (χ1n) is 10.7. The minimum absolute atomic E-state index is 0.0909. The molecule has 0 spiro atoms. The van der Waals surface area contributed by atoms with Gasteiger partial charge in [0.1, 0.15) is 11.5 Å². The topological polar surface area (TPSA) is 58.6 Å². The smallest absolute Gasteiger partial charge is 0.185 e. The van der Waals surface area contributed by atoms with Gasteiger partial charge >= 0.3 is 0 Å². The Bertz CT molecular complexity index is 970. The second kappa shape index (κ2) is 11.8. The molecule has 0 amide bonds. The number of benzene rings is 2. The summed E-state index contributed by atoms with van der Waals surface area (Å²) in [4.78, 5) is 12.7. The molecule has 0 unspecified atom stereocenters. The van der Waals surface area contributed by atoms with Gasteiger partial charge in [0.25, 0.3) is 0 Å². The number of aromatic hydroxyl groups is 1. The van der Waals surface area contributed by atoms with E-state index >= 15 is 0 Å². The van der Waals surface area contributed by atoms with Crippen molar-refractivity contribution in [3.63, 3.8) is 0 Å². The number of phenolic OH excluding ortho intramolecular Hbond substituents is 1. The zero-order valence-corrected chi connectivity index (χ0v) is 19.1. The molecular formula is C27H33NO3. The monoisotopic (exact) mass is 419 g/mol. The summed E-state index contributed by atoms with van der Waals surface area (Å²) in [6.45, 7) is 7.83. The van der Waals surface area contributed by atoms with E-state index in [0.29, 0.717) is 29.7 Å². The van der Waals surface area contributed by atoms with Crippen molar-refractivity contribution in [1.82, 2.24) is 0 Å². The second-order valence-corrected chi connectivity index (χ2v) is 7.45. The quantitative estimate of drug-likeness (QED) is 0.267. The molecule has 2 aromatic carbocycles. The first-order chi connectivity index (χ1) is 14.9. The number of ether oxygens (including phenoxy) is 1. The van der Waals surface area contributed by atoms with E-state index in [2.05, 4.69) is 11.4 Å². The molecule has 4 heteroatoms. The summed E-state index contributed by atoms with van der Waals surface area (Å²) in [7, 11) is 1.85. The highest BCUT2D eigenvalue weighted by molar-refractivity contribution is 6.07. The molecule has 0 aliphatic rings. The van der Waals surface area contributed by atoms with Gasteiger partial charge in [-0.25, -0.2) is 0 Å². The highest BCUT2D eigenvalue weighted by atomic mass is 16.5. The van der Waals surface area contributed by atoms with Crippen LogP contribution in [-0.2, 0) is 12.8 Å². The summed E-state index contributed by atoms with van der Waals surface area (Å²) >= 11 is 0. The van der Waals surface area contributed by atoms with E-state index < -0.39 is 0 Å². The minimum atomic E-state index is -0.127. The van der Waals surface area contributed by atoms with E-state index in [0.717, 1.165) is 16.8 Å². The van der Waals surface area contributed by atoms with Crippen molar-refractivity contribution in [2.75, 3.05) is 12.4 Å². The van der Waals surface area contributed by atoms with E-state index in [1.54, 1.807) is 18.2 Å². The number of anilines is 1. The van der Waals surface area contributed by atoms with E-state index in [-0.39, 0.29) is 17.6 Å². The first kappa shape index (κ1) is 24.0. The molecule has 0 bridgehead atoms. The number of carbonyl (C=O) groups excluding carboxylic acids is 1. The number of allylic oxidation sites excluding steroid dienone is 5. The van der Waals surface area contributed by atoms with Gasteiger partial charge in [-0.1, -0.05) is 54.6 Å². The number of rotatable bonds is 10. The van der Waals surface area contributed by atoms with E-state index in [9.17, 15) is 9.90 Å². The molecule has 0 saturated heterocycles. The Morgan fingerprint density at radius 3 is 2.23 bits per heavy atom. The molecule has 164 valence electrons. The third kappa shape index (κ3) is 6.11. The maximum Gasteiger partial charge on any atom is 0.185 e. The van der Waals surface area contributed by atoms with Crippen LogP contribution < -0.4 is 10.1 Å². The fraction of sp³-hybridized carbons (Fsp3) is 0.296. The molecule has 0 saturated carbocycles. The van der Waals surface area contributed by atoms with Crippen molar-refractivity contribution in [2.24, 2.45) is 0 Å². The van der Waals surface area contributed by atoms with Crippen LogP contribution in [0.25, 0.3) is 6.08 Å². The van der Waals surface area contributed by atoms with Crippen LogP contribution in [0.5, 0.6) is 11.5 Å². The van der Waals surface area contributed by atoms with Crippen LogP contribution >= 0.6 is 0 Å². The Balaban J connectivity index is 2.72. The van der Waals surface area contributed by atoms with E-state index in [1.807, 2.05) is 71.2 Å². The molecular weight excluding hydrogens is 386 g/mol. The summed E-state index contributed by atoms with van der Waals surface area (Å²) in [5.74, 6) is 0.592. The SMILES string of the molecule is C/C=C/Cc1c(O)c(/C=C/C(=O)c2ccccc2)c(OC(C)C)c(C/C=C/C)c1NC. The standard InChI is InChI=1S/C27H33NO3/c1-6-8-15-21-25(28-5)22(16-9-7-2)27(31-19(3)4)23(26(21)30)17-18-24(29)20-13-11-10-12-14-20/h6-14,17-19,28,30H,15-16H2,1-5H3/b8-6+,9-7+,18-17+. The number of ketones is 1. The van der Waals surface area contributed by atoms with Gasteiger partial charge in [-0.3, -0.25) is 4.79 Å². The fourth-order valence-corrected chi connectivity index (χ4v) is 3.40. The minimum Gasteiger partial charge on any atom is -0.507 e. The number of hydrogen-bond acceptors (Lipinski definition) is 4. The van der Waals surface area contributed by atoms with Crippen molar-refractivity contribution in [1.29, 1.82) is 0 Å². The lowest BCUT2D eigenvalue weighted by atomic mass is 9.94. The summed E-state index contributed by atoms with van der Waals surface area (Å²) < 4.78 is 6.18. The molecule has 2 rings (SSSR count). The molecule has 2 N–H and O–H groups in total. The Morgan fingerprint density at radius 1 is 1.06 bits per heavy atom. The van der Waals surface area contributed by atoms with Crippen LogP contribution in [0.3, 0.4) is 0 Å². The van der Waals surface area contributed by atoms with E-state index in [4.69, 9.17) is 4.74 Å². The van der Waals surface area contributed by atoms with Crippen LogP contribution in [0.1, 0.15) is 54.7 Å². The number of phenols is 1. The van der Waals surface area contributed by atoms with Gasteiger partial charge in [0.2, 0.25) is 0 Å². The largest absolute Gasteiger partial charge is 0.507 e. The fourth-order valence-electron chi connectivity index (χ4n) is 3.40. The lowest BCUT2D eigenvalue weighted by molar-refractivity contribution is 0.104. The number of carbonyl (C=O) groups is 1. The number of nitrogens with one attached hydrogen (secondary N) is 1. The van der Waals surface area contributed by atoms with Crippen molar-refractivity contribution in [2.45, 2.75) is 46.6 Å². The highest BCUT2D eigenvalue weighted by Crippen LogP contribution is 2.44. The zero-order valence-electron chi connectivity index (χ0n) is 19.1. The second-order valence-electron chi connectivity index (χ2n) is 7.45. The molecule has 31 heavy (non-hydrogen) atoms. The average Bonchev–Trinajstić information content (AvgIpc) is 2.77. The van der Waals surface area contributed by atoms with Gasteiger partial charge in [0.05, 0.1) is 11.7 Å². The molecule has 0 aliphatic heterocycles. The van der Waals surface area contributed by atoms with Crippen LogP contribution in [0, 0.1) is 0 Å². The summed E-state index contributed by atoms with van der Waals surface area (Å²) in [6, 6.07) is 9.09. The first-order valence-corrected chi connectivity index (χ1v) is 10.7. The zero-order chi connectivity index (χ0) is 22.8. The molecule has 0 fully saturated rings. The Labute approximate surface area is 186 Å². The number of hydrogen-bond donors (Lipinski definition) is 2. The summed E-state index contributed by atoms with van der Waals surface area (Å²) in [6.07, 6.45) is 12.3. The van der Waals surface area contributed by atoms with Crippen molar-refractivity contribution in [3.05, 3.63) is 83.0 Å². The molecule has 0 radical (unpaired) electrons. The van der Waals surface area contributed by atoms with Gasteiger partial charge < -0.3 is 15.2 Å². The van der Waals surface area contributed by atoms with Crippen LogP contribution in [0.15, 0.2) is 60.7 Å². The van der Waals surface area contributed by atoms with Crippen molar-refractivity contribution < 1.29 is 14.6 Å². The maximum atomic E-state index is 12.7. The Morgan fingerprint density at radius 2 is 1.68 bits per heavy atom. The summed E-state index contributed by atoms with van der Waals surface area (Å²) in [5.41, 5.74) is 3.72. The van der Waals surface area contributed by atoms with Crippen molar-refractivity contribution in [3.8, 4) is 11.5 Å². The van der Waals surface area contributed by atoms with Gasteiger partial charge in [0, 0.05) is 29.4 Å². The van der Waals surface area contributed by atoms with Gasteiger partial charge in [-0.05, 0) is 52.7 Å². The molecule has 4 nitrogen and oxygen atoms in total. The van der Waals surface area contributed by atoms with Crippen molar-refractivity contribution >= 4 is 17.5 Å². The lowest BCUT2D eigenvalue weighted by Gasteiger charge is -2.23. The highest BCUT2D eigenvalue weighted by Gasteiger charge is 2.23. The normalized spacial score (nSPS) is 11.8. The van der Waals surface area contributed by atoms with E-state index in [1.165, 1.54) is 6.08 Å². The average molecular weight is 420 g/mol. The van der Waals surface area contributed by atoms with Gasteiger partial charge in [-0.2, -0.15) is 0 Å². The third-order valence-electron chi connectivity index (χ3n) is 4.84. The van der Waals surface area contributed by atoms with Crippen LogP contribution in [0.4, 0.5) is 5.69 Å². The molecule has 0 aliphatic carbocycles. The maximum absolute atomic E-state index is 12.7. The Hall–Kier alpha value is -3.27. The summed E-state index contributed by atoms with van der Waals surface area (Å²) in [5, 5.41) is 14.5. The predicted octanol–water partition coefficient (Wildman–Crippen LogP) is 6.35. The van der Waals surface area contributed by atoms with Gasteiger partial charge in [0.15, 0.2) is 5.78 Å². The molecule has 0 heterocycles. The van der Waals surface area contributed by atoms with Crippen LogP contribution in [0.2, 0.25) is 0 Å². The Kier molecular flexibility index (Phi) is 9.13. The molecule has 0 atom stereocenters. The van der Waals surface area contributed by atoms with Crippen LogP contribution in [-0.4, -0.2) is 24.0 Å². The van der Waals surface area contributed by atoms with Gasteiger partial charge in [-0.15, -0.1) is 0 Å². The molecule has 2 aromatic rings. The lowest BCUT2D eigenvalue weighted by Crippen LogP contribution is -2.12. The third-order valence-corrected chi connectivity index (χ3v) is 4.84. The molecule has 0 aromatic heterocycles.